The van der Waals surface area contributed by atoms with Gasteiger partial charge in [0.1, 0.15) is 24.4 Å². The number of nitrogens with zero attached hydrogens (tertiary/aromatic N) is 2. The van der Waals surface area contributed by atoms with Crippen LogP contribution in [-0.2, 0) is 18.9 Å². The molecule has 12 heteroatoms. The molecule has 2 unspecified atom stereocenters. The molecular weight excluding hydrogens is 428 g/mol. The maximum atomic E-state index is 11.1. The van der Waals surface area contributed by atoms with E-state index in [9.17, 15) is 30.4 Å². The number of rotatable bonds is 5. The Balaban J connectivity index is 1.58. The molecule has 2 aromatic carbocycles. The smallest absolute Gasteiger partial charge is 0.269 e. The number of non-ortho nitro benzene ring substituents is 2. The quantitative estimate of drug-likeness (QED) is 0.509. The Bertz CT molecular complexity index is 1000. The van der Waals surface area contributed by atoms with Gasteiger partial charge in [-0.1, -0.05) is 24.3 Å². The Kier molecular flexibility index (Phi) is 6.41. The summed E-state index contributed by atoms with van der Waals surface area (Å²) in [5, 5.41) is 42.7. The van der Waals surface area contributed by atoms with E-state index < -0.39 is 53.4 Å². The van der Waals surface area contributed by atoms with E-state index in [-0.39, 0.29) is 18.0 Å². The van der Waals surface area contributed by atoms with Crippen LogP contribution in [0.3, 0.4) is 0 Å². The summed E-state index contributed by atoms with van der Waals surface area (Å²) in [6, 6.07) is 11.4. The monoisotopic (exact) mass is 448 g/mol. The van der Waals surface area contributed by atoms with Gasteiger partial charge >= 0.3 is 0 Å². The van der Waals surface area contributed by atoms with Crippen LogP contribution in [0.5, 0.6) is 0 Å². The Hall–Kier alpha value is -3.00. The van der Waals surface area contributed by atoms with E-state index in [0.717, 1.165) is 0 Å². The molecule has 0 aliphatic carbocycles. The summed E-state index contributed by atoms with van der Waals surface area (Å²) in [5.41, 5.74) is 0.396. The van der Waals surface area contributed by atoms with Gasteiger partial charge in [0.15, 0.2) is 12.6 Å². The van der Waals surface area contributed by atoms with E-state index in [0.29, 0.717) is 11.1 Å². The standard InChI is InChI=1S/C20H20N2O10/c23-9-15-17(24)18-16(31-20(30-15)12-4-2-6-14(8-12)22(27)28)10-29-19(32-18)11-3-1-5-13(7-11)21(25)26/h1-8,15-20,23-24H,9-10H2/t15-,16+,17-,18-,19?,20?/m1/s1. The molecule has 32 heavy (non-hydrogen) atoms. The zero-order valence-electron chi connectivity index (χ0n) is 16.6. The molecule has 4 rings (SSSR count). The number of nitro benzene ring substituents is 2. The third kappa shape index (κ3) is 4.46. The number of aliphatic hydroxyl groups is 2. The van der Waals surface area contributed by atoms with Crippen LogP contribution in [0, 0.1) is 20.2 Å². The molecule has 170 valence electrons. The second-order valence-electron chi connectivity index (χ2n) is 7.32. The van der Waals surface area contributed by atoms with Crippen LogP contribution in [0.15, 0.2) is 48.5 Å². The van der Waals surface area contributed by atoms with Crippen molar-refractivity contribution in [1.82, 2.24) is 0 Å². The van der Waals surface area contributed by atoms with Gasteiger partial charge in [-0.3, -0.25) is 20.2 Å². The van der Waals surface area contributed by atoms with Crippen LogP contribution in [0.1, 0.15) is 23.7 Å². The van der Waals surface area contributed by atoms with Crippen LogP contribution in [0.4, 0.5) is 11.4 Å². The van der Waals surface area contributed by atoms with Crippen LogP contribution in [0.2, 0.25) is 0 Å². The zero-order chi connectivity index (χ0) is 22.8. The third-order valence-corrected chi connectivity index (χ3v) is 5.26. The molecule has 2 aliphatic heterocycles. The van der Waals surface area contributed by atoms with Crippen molar-refractivity contribution >= 4 is 11.4 Å². The third-order valence-electron chi connectivity index (χ3n) is 5.26. The Morgan fingerprint density at radius 3 is 2.06 bits per heavy atom. The molecule has 0 aromatic heterocycles. The first kappa shape index (κ1) is 22.2. The molecule has 2 saturated heterocycles. The topological polar surface area (TPSA) is 164 Å². The second-order valence-corrected chi connectivity index (χ2v) is 7.32. The lowest BCUT2D eigenvalue weighted by Gasteiger charge is -2.37. The normalized spacial score (nSPS) is 30.2. The highest BCUT2D eigenvalue weighted by Crippen LogP contribution is 2.37. The maximum absolute atomic E-state index is 11.1. The highest BCUT2D eigenvalue weighted by molar-refractivity contribution is 5.36. The van der Waals surface area contributed by atoms with E-state index in [1.165, 1.54) is 36.4 Å². The molecule has 0 spiro atoms. The lowest BCUT2D eigenvalue weighted by molar-refractivity contribution is -0.385. The predicted molar refractivity (Wildman–Crippen MR) is 105 cm³/mol. The van der Waals surface area contributed by atoms with Gasteiger partial charge in [-0.05, 0) is 0 Å². The number of aliphatic hydroxyl groups excluding tert-OH is 2. The number of hydrogen-bond acceptors (Lipinski definition) is 10. The Morgan fingerprint density at radius 1 is 0.906 bits per heavy atom. The van der Waals surface area contributed by atoms with Crippen molar-refractivity contribution < 1.29 is 39.0 Å². The van der Waals surface area contributed by atoms with Crippen molar-refractivity contribution in [2.24, 2.45) is 0 Å². The van der Waals surface area contributed by atoms with Crippen molar-refractivity contribution in [3.63, 3.8) is 0 Å². The maximum Gasteiger partial charge on any atom is 0.269 e. The van der Waals surface area contributed by atoms with Gasteiger partial charge in [-0.25, -0.2) is 0 Å². The molecule has 0 bridgehead atoms. The fraction of sp³-hybridized carbons (Fsp3) is 0.400. The summed E-state index contributed by atoms with van der Waals surface area (Å²) >= 11 is 0. The van der Waals surface area contributed by atoms with Gasteiger partial charge in [0, 0.05) is 35.4 Å². The molecule has 0 amide bonds. The Morgan fingerprint density at radius 2 is 1.50 bits per heavy atom. The lowest BCUT2D eigenvalue weighted by Crippen LogP contribution is -2.51. The Labute approximate surface area is 181 Å². The summed E-state index contributed by atoms with van der Waals surface area (Å²) in [7, 11) is 0. The van der Waals surface area contributed by atoms with E-state index >= 15 is 0 Å². The van der Waals surface area contributed by atoms with Gasteiger partial charge in [-0.15, -0.1) is 0 Å². The molecule has 0 saturated carbocycles. The molecule has 2 N–H and O–H groups in total. The second kappa shape index (κ2) is 9.24. The summed E-state index contributed by atoms with van der Waals surface area (Å²) in [5.74, 6) is 0. The molecule has 2 heterocycles. The number of benzene rings is 2. The van der Waals surface area contributed by atoms with Crippen molar-refractivity contribution in [3.8, 4) is 0 Å². The van der Waals surface area contributed by atoms with E-state index in [4.69, 9.17) is 18.9 Å². The molecule has 6 atom stereocenters. The SMILES string of the molecule is O=[N+]([O-])c1cccc(C2OC[C@@H]3OC(c4cccc([N+](=O)[O-])c4)O[C@H](CO)[C@@H](O)[C@@H]3O2)c1. The van der Waals surface area contributed by atoms with Gasteiger partial charge < -0.3 is 29.2 Å². The fourth-order valence-corrected chi connectivity index (χ4v) is 3.66. The number of ether oxygens (including phenoxy) is 4. The molecule has 2 fully saturated rings. The average molecular weight is 448 g/mol. The first-order chi connectivity index (χ1) is 15.4. The lowest BCUT2D eigenvalue weighted by atomic mass is 10.0. The van der Waals surface area contributed by atoms with Gasteiger partial charge in [-0.2, -0.15) is 0 Å². The van der Waals surface area contributed by atoms with Crippen molar-refractivity contribution in [2.75, 3.05) is 13.2 Å². The highest BCUT2D eigenvalue weighted by Gasteiger charge is 2.46. The molecule has 0 radical (unpaired) electrons. The largest absolute Gasteiger partial charge is 0.394 e. The summed E-state index contributed by atoms with van der Waals surface area (Å²) < 4.78 is 23.2. The van der Waals surface area contributed by atoms with Crippen molar-refractivity contribution in [3.05, 3.63) is 79.9 Å². The first-order valence-corrected chi connectivity index (χ1v) is 9.73. The predicted octanol–water partition coefficient (Wildman–Crippen LogP) is 1.75. The zero-order valence-corrected chi connectivity index (χ0v) is 16.6. The number of fused-ring (bicyclic) bond motifs is 1. The first-order valence-electron chi connectivity index (χ1n) is 9.73. The van der Waals surface area contributed by atoms with Gasteiger partial charge in [0.25, 0.3) is 11.4 Å². The van der Waals surface area contributed by atoms with Gasteiger partial charge in [0.2, 0.25) is 0 Å². The minimum absolute atomic E-state index is 0.0536. The highest BCUT2D eigenvalue weighted by atomic mass is 16.8. The summed E-state index contributed by atoms with van der Waals surface area (Å²) in [4.78, 5) is 21.1. The molecule has 2 aromatic rings. The van der Waals surface area contributed by atoms with Crippen LogP contribution in [0.25, 0.3) is 0 Å². The van der Waals surface area contributed by atoms with Crippen LogP contribution < -0.4 is 0 Å². The van der Waals surface area contributed by atoms with E-state index in [1.54, 1.807) is 12.1 Å². The van der Waals surface area contributed by atoms with Crippen molar-refractivity contribution in [2.45, 2.75) is 37.0 Å². The number of hydrogen-bond donors (Lipinski definition) is 2. The average Bonchev–Trinajstić information content (AvgIpc) is 2.95. The van der Waals surface area contributed by atoms with Gasteiger partial charge in [0.05, 0.1) is 23.1 Å². The summed E-state index contributed by atoms with van der Waals surface area (Å²) in [6.07, 6.45) is -6.40. The molecule has 12 nitrogen and oxygen atoms in total. The minimum Gasteiger partial charge on any atom is -0.394 e. The molecule has 2 aliphatic rings. The summed E-state index contributed by atoms with van der Waals surface area (Å²) in [6.45, 7) is -0.618. The fourth-order valence-electron chi connectivity index (χ4n) is 3.66. The van der Waals surface area contributed by atoms with E-state index in [1.807, 2.05) is 0 Å². The van der Waals surface area contributed by atoms with Crippen LogP contribution in [-0.4, -0.2) is 57.7 Å². The molecular formula is C20H20N2O10. The van der Waals surface area contributed by atoms with Crippen molar-refractivity contribution in [1.29, 1.82) is 0 Å². The number of nitro groups is 2. The van der Waals surface area contributed by atoms with E-state index in [2.05, 4.69) is 0 Å². The van der Waals surface area contributed by atoms with Crippen LogP contribution >= 0.6 is 0 Å². The minimum atomic E-state index is -1.32.